The Morgan fingerprint density at radius 1 is 1.19 bits per heavy atom. The van der Waals surface area contributed by atoms with E-state index < -0.39 is 8.24 Å². The van der Waals surface area contributed by atoms with Crippen LogP contribution in [0.25, 0.3) is 11.8 Å². The van der Waals surface area contributed by atoms with Gasteiger partial charge in [0.05, 0.1) is 5.69 Å². The lowest BCUT2D eigenvalue weighted by Crippen LogP contribution is -2.39. The molecule has 0 fully saturated rings. The second-order valence-electron chi connectivity index (χ2n) is 6.39. The lowest BCUT2D eigenvalue weighted by molar-refractivity contribution is 1.15. The quantitative estimate of drug-likeness (QED) is 0.866. The minimum Gasteiger partial charge on any atom is -0.410 e. The van der Waals surface area contributed by atoms with E-state index in [1.54, 1.807) is 6.20 Å². The van der Waals surface area contributed by atoms with E-state index in [2.05, 4.69) is 65.8 Å². The first-order valence-electron chi connectivity index (χ1n) is 7.19. The van der Waals surface area contributed by atoms with Crippen molar-refractivity contribution >= 4 is 20.0 Å². The Kier molecular flexibility index (Phi) is 4.58. The maximum absolute atomic E-state index is 4.61. The molecule has 0 saturated heterocycles. The van der Waals surface area contributed by atoms with Crippen LogP contribution in [-0.4, -0.2) is 18.2 Å². The summed E-state index contributed by atoms with van der Waals surface area (Å²) in [6.45, 7) is 11.0. The van der Waals surface area contributed by atoms with Crippen molar-refractivity contribution in [3.63, 3.8) is 0 Å². The molecule has 1 N–H and O–H groups in total. The average Bonchev–Trinajstić information content (AvgIpc) is 2.36. The molecule has 0 aliphatic carbocycles. The molecular weight excluding hydrogens is 274 g/mol. The minimum absolute atomic E-state index is 0.983. The van der Waals surface area contributed by atoms with Crippen LogP contribution < -0.4 is 4.98 Å². The van der Waals surface area contributed by atoms with Crippen molar-refractivity contribution in [2.75, 3.05) is 0 Å². The van der Waals surface area contributed by atoms with Crippen LogP contribution in [0, 0.1) is 13.8 Å². The summed E-state index contributed by atoms with van der Waals surface area (Å²) < 4.78 is 0. The van der Waals surface area contributed by atoms with Gasteiger partial charge in [-0.2, -0.15) is 0 Å². The summed E-state index contributed by atoms with van der Waals surface area (Å²) in [6, 6.07) is 8.24. The first kappa shape index (κ1) is 15.4. The molecule has 0 spiro atoms. The van der Waals surface area contributed by atoms with Gasteiger partial charge in [0.2, 0.25) is 0 Å². The van der Waals surface area contributed by atoms with E-state index in [0.29, 0.717) is 0 Å². The van der Waals surface area contributed by atoms with Gasteiger partial charge in [0.25, 0.3) is 0 Å². The lowest BCUT2D eigenvalue weighted by Gasteiger charge is -2.22. The third-order valence-electron chi connectivity index (χ3n) is 2.89. The normalized spacial score (nSPS) is 12.3. The molecule has 21 heavy (non-hydrogen) atoms. The third-order valence-corrected chi connectivity index (χ3v) is 3.91. The number of aromatic nitrogens is 2. The fraction of sp³-hybridized carbons (Fsp3) is 0.294. The maximum Gasteiger partial charge on any atom is 0.144 e. The number of hydrogen-bond donors (Lipinski definition) is 1. The topological polar surface area (TPSA) is 37.8 Å². The third kappa shape index (κ3) is 4.83. The molecule has 0 bridgehead atoms. The molecule has 0 aliphatic heterocycles. The highest BCUT2D eigenvalue weighted by Crippen LogP contribution is 2.17. The average molecular weight is 297 g/mol. The highest BCUT2D eigenvalue weighted by molar-refractivity contribution is 6.74. The second kappa shape index (κ2) is 6.22. The summed E-state index contributed by atoms with van der Waals surface area (Å²) in [5.74, 6) is 0. The van der Waals surface area contributed by atoms with E-state index >= 15 is 0 Å². The van der Waals surface area contributed by atoms with Gasteiger partial charge >= 0.3 is 0 Å². The van der Waals surface area contributed by atoms with E-state index in [-0.39, 0.29) is 0 Å². The largest absolute Gasteiger partial charge is 0.410 e. The van der Waals surface area contributed by atoms with Gasteiger partial charge < -0.3 is 4.98 Å². The number of aryl methyl sites for hydroxylation is 2. The fourth-order valence-corrected chi connectivity index (χ4v) is 3.24. The molecule has 3 nitrogen and oxygen atoms in total. The molecule has 0 aliphatic rings. The van der Waals surface area contributed by atoms with Gasteiger partial charge in [0.1, 0.15) is 8.24 Å². The van der Waals surface area contributed by atoms with Gasteiger partial charge in [-0.3, -0.25) is 9.97 Å². The summed E-state index contributed by atoms with van der Waals surface area (Å²) in [7, 11) is -1.46. The molecular formula is C17H23N3Si. The number of rotatable bonds is 4. The predicted octanol–water partition coefficient (Wildman–Crippen LogP) is 4.02. The van der Waals surface area contributed by atoms with Crippen LogP contribution in [-0.2, 0) is 0 Å². The molecule has 0 radical (unpaired) electrons. The van der Waals surface area contributed by atoms with Crippen molar-refractivity contribution in [1.29, 1.82) is 0 Å². The molecule has 2 aromatic heterocycles. The van der Waals surface area contributed by atoms with Gasteiger partial charge in [0.15, 0.2) is 0 Å². The van der Waals surface area contributed by atoms with Crippen LogP contribution in [0.1, 0.15) is 22.5 Å². The Hall–Kier alpha value is -1.94. The zero-order valence-corrected chi connectivity index (χ0v) is 14.4. The molecule has 0 atom stereocenters. The van der Waals surface area contributed by atoms with Crippen molar-refractivity contribution in [3.05, 3.63) is 59.2 Å². The van der Waals surface area contributed by atoms with E-state index in [9.17, 15) is 0 Å². The SMILES string of the molecule is Cc1cc(C)nc(/C=C(\N[Si](C)(C)C)c2cccnc2)c1. The highest BCUT2D eigenvalue weighted by Gasteiger charge is 2.15. The van der Waals surface area contributed by atoms with E-state index in [1.165, 1.54) is 5.56 Å². The van der Waals surface area contributed by atoms with Crippen LogP contribution in [0.15, 0.2) is 36.7 Å². The summed E-state index contributed by atoms with van der Waals surface area (Å²) in [5, 5.41) is 0. The second-order valence-corrected chi connectivity index (χ2v) is 11.1. The molecule has 2 aromatic rings. The number of nitrogens with one attached hydrogen (secondary N) is 1. The number of pyridine rings is 2. The monoisotopic (exact) mass is 297 g/mol. The first-order chi connectivity index (χ1) is 9.83. The summed E-state index contributed by atoms with van der Waals surface area (Å²) in [4.78, 5) is 12.5. The Labute approximate surface area is 128 Å². The lowest BCUT2D eigenvalue weighted by atomic mass is 10.1. The van der Waals surface area contributed by atoms with Gasteiger partial charge in [0, 0.05) is 29.3 Å². The smallest absolute Gasteiger partial charge is 0.144 e. The molecule has 4 heteroatoms. The summed E-state index contributed by atoms with van der Waals surface area (Å²) in [5.41, 5.74) is 5.45. The molecule has 0 aromatic carbocycles. The summed E-state index contributed by atoms with van der Waals surface area (Å²) >= 11 is 0. The van der Waals surface area contributed by atoms with Gasteiger partial charge in [-0.05, 0) is 49.8 Å². The van der Waals surface area contributed by atoms with E-state index in [1.807, 2.05) is 19.2 Å². The van der Waals surface area contributed by atoms with Crippen molar-refractivity contribution in [3.8, 4) is 0 Å². The van der Waals surface area contributed by atoms with Crippen LogP contribution >= 0.6 is 0 Å². The van der Waals surface area contributed by atoms with Gasteiger partial charge in [-0.15, -0.1) is 0 Å². The number of hydrogen-bond acceptors (Lipinski definition) is 3. The van der Waals surface area contributed by atoms with Gasteiger partial charge in [-0.25, -0.2) is 0 Å². The van der Waals surface area contributed by atoms with Crippen LogP contribution in [0.4, 0.5) is 0 Å². The molecule has 2 heterocycles. The Morgan fingerprint density at radius 3 is 2.52 bits per heavy atom. The summed E-state index contributed by atoms with van der Waals surface area (Å²) in [6.07, 6.45) is 5.81. The zero-order chi connectivity index (χ0) is 15.5. The van der Waals surface area contributed by atoms with E-state index in [4.69, 9.17) is 0 Å². The van der Waals surface area contributed by atoms with Crippen LogP contribution in [0.2, 0.25) is 19.6 Å². The standard InChI is InChI=1S/C17H23N3Si/c1-13-9-14(2)19-16(10-13)11-17(20-21(3,4)5)15-7-6-8-18-12-15/h6-12,20H,1-5H3/b17-11-. The van der Waals surface area contributed by atoms with Crippen molar-refractivity contribution in [2.45, 2.75) is 33.5 Å². The van der Waals surface area contributed by atoms with E-state index in [0.717, 1.165) is 22.6 Å². The predicted molar refractivity (Wildman–Crippen MR) is 92.3 cm³/mol. The Bertz CT molecular complexity index is 623. The highest BCUT2D eigenvalue weighted by atomic mass is 28.3. The van der Waals surface area contributed by atoms with Crippen molar-refractivity contribution < 1.29 is 0 Å². The fourth-order valence-electron chi connectivity index (χ4n) is 2.21. The van der Waals surface area contributed by atoms with Gasteiger partial charge in [-0.1, -0.05) is 19.6 Å². The molecule has 0 unspecified atom stereocenters. The maximum atomic E-state index is 4.61. The minimum atomic E-state index is -1.46. The Morgan fingerprint density at radius 2 is 1.95 bits per heavy atom. The zero-order valence-electron chi connectivity index (χ0n) is 13.4. The molecule has 110 valence electrons. The molecule has 2 rings (SSSR count). The first-order valence-corrected chi connectivity index (χ1v) is 10.7. The van der Waals surface area contributed by atoms with Crippen LogP contribution in [0.5, 0.6) is 0 Å². The van der Waals surface area contributed by atoms with Crippen LogP contribution in [0.3, 0.4) is 0 Å². The number of nitrogens with zero attached hydrogens (tertiary/aromatic N) is 2. The van der Waals surface area contributed by atoms with Crippen molar-refractivity contribution in [2.24, 2.45) is 0 Å². The molecule has 0 saturated carbocycles. The Balaban J connectivity index is 2.46. The molecule has 0 amide bonds. The van der Waals surface area contributed by atoms with Crippen molar-refractivity contribution in [1.82, 2.24) is 15.0 Å².